The van der Waals surface area contributed by atoms with Gasteiger partial charge in [-0.3, -0.25) is 4.79 Å². The summed E-state index contributed by atoms with van der Waals surface area (Å²) in [5.74, 6) is 0.556. The highest BCUT2D eigenvalue weighted by Crippen LogP contribution is 2.22. The van der Waals surface area contributed by atoms with Crippen molar-refractivity contribution in [3.63, 3.8) is 0 Å². The number of sulfonamides is 1. The van der Waals surface area contributed by atoms with Gasteiger partial charge in [0.05, 0.1) is 18.0 Å². The Morgan fingerprint density at radius 1 is 1.00 bits per heavy atom. The van der Waals surface area contributed by atoms with Gasteiger partial charge in [-0.25, -0.2) is 8.42 Å². The van der Waals surface area contributed by atoms with Gasteiger partial charge in [-0.2, -0.15) is 4.31 Å². The van der Waals surface area contributed by atoms with Crippen LogP contribution in [0.5, 0.6) is 5.75 Å². The number of anilines is 2. The molecule has 1 saturated heterocycles. The van der Waals surface area contributed by atoms with Crippen LogP contribution in [0, 0.1) is 0 Å². The Bertz CT molecular complexity index is 890. The van der Waals surface area contributed by atoms with E-state index in [0.717, 1.165) is 18.6 Å². The molecule has 0 bridgehead atoms. The van der Waals surface area contributed by atoms with Crippen LogP contribution in [0.4, 0.5) is 11.4 Å². The zero-order valence-corrected chi connectivity index (χ0v) is 16.7. The Labute approximate surface area is 165 Å². The second kappa shape index (κ2) is 9.07. The Kier molecular flexibility index (Phi) is 6.53. The number of nitrogens with one attached hydrogen (secondary N) is 2. The van der Waals surface area contributed by atoms with E-state index in [9.17, 15) is 13.2 Å². The van der Waals surface area contributed by atoms with Crippen LogP contribution in [-0.2, 0) is 14.8 Å². The molecule has 8 heteroatoms. The molecule has 0 aromatic heterocycles. The monoisotopic (exact) mass is 403 g/mol. The fraction of sp³-hybridized carbons (Fsp3) is 0.350. The third-order valence-electron chi connectivity index (χ3n) is 4.46. The van der Waals surface area contributed by atoms with Gasteiger partial charge in [-0.05, 0) is 68.3 Å². The first-order chi connectivity index (χ1) is 13.5. The van der Waals surface area contributed by atoms with Gasteiger partial charge in [-0.1, -0.05) is 0 Å². The highest BCUT2D eigenvalue weighted by molar-refractivity contribution is 7.89. The molecule has 1 amide bonds. The summed E-state index contributed by atoms with van der Waals surface area (Å²) in [6.07, 6.45) is 1.81. The van der Waals surface area contributed by atoms with Gasteiger partial charge in [0.1, 0.15) is 5.75 Å². The molecular weight excluding hydrogens is 378 g/mol. The quantitative estimate of drug-likeness (QED) is 0.708. The molecule has 0 aliphatic carbocycles. The molecule has 0 saturated carbocycles. The number of rotatable bonds is 8. The van der Waals surface area contributed by atoms with Crippen molar-refractivity contribution < 1.29 is 17.9 Å². The lowest BCUT2D eigenvalue weighted by Gasteiger charge is -2.15. The molecule has 0 unspecified atom stereocenters. The predicted molar refractivity (Wildman–Crippen MR) is 109 cm³/mol. The number of hydrogen-bond donors (Lipinski definition) is 2. The van der Waals surface area contributed by atoms with Gasteiger partial charge in [-0.15, -0.1) is 0 Å². The molecule has 3 rings (SSSR count). The largest absolute Gasteiger partial charge is 0.494 e. The van der Waals surface area contributed by atoms with Crippen LogP contribution >= 0.6 is 0 Å². The summed E-state index contributed by atoms with van der Waals surface area (Å²) in [6.45, 7) is 3.73. The highest BCUT2D eigenvalue weighted by Gasteiger charge is 2.26. The molecule has 7 nitrogen and oxygen atoms in total. The van der Waals surface area contributed by atoms with Crippen LogP contribution in [-0.4, -0.2) is 44.9 Å². The lowest BCUT2D eigenvalue weighted by Crippen LogP contribution is -2.27. The average molecular weight is 404 g/mol. The maximum absolute atomic E-state index is 12.5. The van der Waals surface area contributed by atoms with Crippen LogP contribution in [0.2, 0.25) is 0 Å². The van der Waals surface area contributed by atoms with E-state index < -0.39 is 10.0 Å². The number of carbonyl (C=O) groups excluding carboxylic acids is 1. The van der Waals surface area contributed by atoms with Crippen molar-refractivity contribution in [1.82, 2.24) is 4.31 Å². The second-order valence-electron chi connectivity index (χ2n) is 6.49. The van der Waals surface area contributed by atoms with E-state index in [0.29, 0.717) is 31.1 Å². The summed E-state index contributed by atoms with van der Waals surface area (Å²) in [6, 6.07) is 13.6. The Hall–Kier alpha value is -2.58. The van der Waals surface area contributed by atoms with Crippen LogP contribution in [0.25, 0.3) is 0 Å². The van der Waals surface area contributed by atoms with E-state index in [1.165, 1.54) is 4.31 Å². The highest BCUT2D eigenvalue weighted by atomic mass is 32.2. The van der Waals surface area contributed by atoms with E-state index in [1.54, 1.807) is 48.5 Å². The van der Waals surface area contributed by atoms with Crippen LogP contribution < -0.4 is 15.4 Å². The molecule has 1 aliphatic rings. The first-order valence-electron chi connectivity index (χ1n) is 9.36. The van der Waals surface area contributed by atoms with Crippen molar-refractivity contribution in [2.45, 2.75) is 24.7 Å². The Morgan fingerprint density at radius 3 is 2.21 bits per heavy atom. The summed E-state index contributed by atoms with van der Waals surface area (Å²) in [7, 11) is -3.42. The van der Waals surface area contributed by atoms with E-state index in [4.69, 9.17) is 4.74 Å². The predicted octanol–water partition coefficient (Wildman–Crippen LogP) is 2.92. The first-order valence-corrected chi connectivity index (χ1v) is 10.8. The second-order valence-corrected chi connectivity index (χ2v) is 8.43. The van der Waals surface area contributed by atoms with Gasteiger partial charge in [0.25, 0.3) is 0 Å². The summed E-state index contributed by atoms with van der Waals surface area (Å²) in [4.78, 5) is 12.4. The number of carbonyl (C=O) groups is 1. The third-order valence-corrected chi connectivity index (χ3v) is 6.37. The number of nitrogens with zero attached hydrogens (tertiary/aromatic N) is 1. The zero-order chi connectivity index (χ0) is 20.0. The van der Waals surface area contributed by atoms with Crippen LogP contribution in [0.1, 0.15) is 19.8 Å². The molecule has 2 aromatic rings. The lowest BCUT2D eigenvalue weighted by atomic mass is 10.3. The minimum Gasteiger partial charge on any atom is -0.494 e. The molecule has 0 atom stereocenters. The molecule has 28 heavy (non-hydrogen) atoms. The van der Waals surface area contributed by atoms with Gasteiger partial charge < -0.3 is 15.4 Å². The molecule has 1 fully saturated rings. The fourth-order valence-electron chi connectivity index (χ4n) is 3.01. The number of benzene rings is 2. The number of amides is 1. The van der Waals surface area contributed by atoms with E-state index in [-0.39, 0.29) is 17.3 Å². The normalized spacial score (nSPS) is 14.6. The molecule has 2 N–H and O–H groups in total. The maximum Gasteiger partial charge on any atom is 0.243 e. The van der Waals surface area contributed by atoms with Crippen molar-refractivity contribution in [2.75, 3.05) is 36.9 Å². The van der Waals surface area contributed by atoms with Gasteiger partial charge in [0.2, 0.25) is 15.9 Å². The Balaban J connectivity index is 1.52. The maximum atomic E-state index is 12.5. The molecule has 0 radical (unpaired) electrons. The molecule has 0 spiro atoms. The molecule has 1 aliphatic heterocycles. The van der Waals surface area contributed by atoms with Gasteiger partial charge in [0, 0.05) is 24.5 Å². The van der Waals surface area contributed by atoms with Crippen molar-refractivity contribution in [3.8, 4) is 5.75 Å². The smallest absolute Gasteiger partial charge is 0.243 e. The zero-order valence-electron chi connectivity index (χ0n) is 15.8. The topological polar surface area (TPSA) is 87.7 Å². The van der Waals surface area contributed by atoms with E-state index in [2.05, 4.69) is 10.6 Å². The standard InChI is InChI=1S/C20H25N3O4S/c1-2-27-18-9-5-17(6-10-18)22-20(24)15-21-16-7-11-19(12-8-16)28(25,26)23-13-3-4-14-23/h5-12,21H,2-4,13-15H2,1H3,(H,22,24). The van der Waals surface area contributed by atoms with E-state index in [1.807, 2.05) is 6.92 Å². The summed E-state index contributed by atoms with van der Waals surface area (Å²) in [5.41, 5.74) is 1.37. The lowest BCUT2D eigenvalue weighted by molar-refractivity contribution is -0.114. The van der Waals surface area contributed by atoms with Crippen molar-refractivity contribution in [2.24, 2.45) is 0 Å². The Morgan fingerprint density at radius 2 is 1.61 bits per heavy atom. The van der Waals surface area contributed by atoms with Gasteiger partial charge >= 0.3 is 0 Å². The number of hydrogen-bond acceptors (Lipinski definition) is 5. The molecular formula is C20H25N3O4S. The van der Waals surface area contributed by atoms with Gasteiger partial charge in [0.15, 0.2) is 0 Å². The van der Waals surface area contributed by atoms with Crippen LogP contribution in [0.3, 0.4) is 0 Å². The molecule has 1 heterocycles. The number of ether oxygens (including phenoxy) is 1. The minimum absolute atomic E-state index is 0.0748. The molecule has 150 valence electrons. The SMILES string of the molecule is CCOc1ccc(NC(=O)CNc2ccc(S(=O)(=O)N3CCCC3)cc2)cc1. The third kappa shape index (κ3) is 5.02. The van der Waals surface area contributed by atoms with Crippen molar-refractivity contribution in [3.05, 3.63) is 48.5 Å². The molecule has 2 aromatic carbocycles. The summed E-state index contributed by atoms with van der Waals surface area (Å²) >= 11 is 0. The average Bonchev–Trinajstić information content (AvgIpc) is 3.24. The first kappa shape index (κ1) is 20.2. The van der Waals surface area contributed by atoms with Crippen LogP contribution in [0.15, 0.2) is 53.4 Å². The summed E-state index contributed by atoms with van der Waals surface area (Å²) in [5, 5.41) is 5.79. The van der Waals surface area contributed by atoms with Crippen molar-refractivity contribution in [1.29, 1.82) is 0 Å². The minimum atomic E-state index is -3.42. The fourth-order valence-corrected chi connectivity index (χ4v) is 4.53. The summed E-state index contributed by atoms with van der Waals surface area (Å²) < 4.78 is 31.9. The van der Waals surface area contributed by atoms with E-state index >= 15 is 0 Å². The van der Waals surface area contributed by atoms with Crippen molar-refractivity contribution >= 4 is 27.3 Å².